The van der Waals surface area contributed by atoms with Crippen molar-refractivity contribution in [2.75, 3.05) is 57.2 Å². The predicted octanol–water partition coefficient (Wildman–Crippen LogP) is 3.61. The molecule has 2 aliphatic rings. The molecule has 3 aromatic rings. The van der Waals surface area contributed by atoms with E-state index >= 15 is 0 Å². The Labute approximate surface area is 192 Å². The molecule has 1 amide bonds. The molecule has 9 nitrogen and oxygen atoms in total. The number of hydrogen-bond acceptors (Lipinski definition) is 7. The summed E-state index contributed by atoms with van der Waals surface area (Å²) in [5, 5.41) is 5.84. The molecule has 12 heteroatoms. The van der Waals surface area contributed by atoms with Crippen LogP contribution in [0.5, 0.6) is 11.5 Å². The fraction of sp³-hybridized carbons (Fsp3) is 0.364. The third kappa shape index (κ3) is 3.94. The molecule has 0 bridgehead atoms. The van der Waals surface area contributed by atoms with Crippen molar-refractivity contribution in [2.24, 2.45) is 0 Å². The number of halogens is 3. The van der Waals surface area contributed by atoms with Crippen LogP contribution in [0.1, 0.15) is 15.9 Å². The van der Waals surface area contributed by atoms with Crippen LogP contribution >= 0.6 is 0 Å². The lowest BCUT2D eigenvalue weighted by Crippen LogP contribution is -2.41. The zero-order valence-corrected chi connectivity index (χ0v) is 18.2. The van der Waals surface area contributed by atoms with Crippen LogP contribution in [0.15, 0.2) is 24.4 Å². The van der Waals surface area contributed by atoms with Gasteiger partial charge in [0.1, 0.15) is 24.7 Å². The fourth-order valence-electron chi connectivity index (χ4n) is 4.10. The predicted molar refractivity (Wildman–Crippen MR) is 118 cm³/mol. The molecule has 1 aromatic carbocycles. The summed E-state index contributed by atoms with van der Waals surface area (Å²) in [6.07, 6.45) is -3.62. The van der Waals surface area contributed by atoms with Gasteiger partial charge in [-0.2, -0.15) is 13.2 Å². The monoisotopic (exact) mass is 477 g/mol. The van der Waals surface area contributed by atoms with Crippen LogP contribution in [0.4, 0.5) is 30.4 Å². The number of morpholine rings is 1. The molecule has 0 spiro atoms. The van der Waals surface area contributed by atoms with Gasteiger partial charge in [0.15, 0.2) is 11.5 Å². The second kappa shape index (κ2) is 8.60. The minimum atomic E-state index is -4.52. The second-order valence-corrected chi connectivity index (χ2v) is 7.77. The Bertz CT molecular complexity index is 1240. The number of benzene rings is 1. The average molecular weight is 477 g/mol. The number of carbonyl (C=O) groups excluding carboxylic acids is 1. The van der Waals surface area contributed by atoms with Crippen molar-refractivity contribution in [3.05, 3.63) is 35.5 Å². The molecule has 3 N–H and O–H groups in total. The molecule has 34 heavy (non-hydrogen) atoms. The number of pyridine rings is 1. The Hall–Kier alpha value is -3.67. The van der Waals surface area contributed by atoms with Gasteiger partial charge in [-0.3, -0.25) is 4.79 Å². The lowest BCUT2D eigenvalue weighted by atomic mass is 10.1. The zero-order chi connectivity index (χ0) is 23.9. The minimum Gasteiger partial charge on any atom is -0.485 e. The normalized spacial score (nSPS) is 15.9. The first kappa shape index (κ1) is 22.1. The second-order valence-electron chi connectivity index (χ2n) is 7.77. The molecule has 2 aromatic heterocycles. The maximum Gasteiger partial charge on any atom is 0.418 e. The standard InChI is InChI=1S/C22H22F3N5O4/c1-26-15-10-16(29-20-17(15)13(11-27-20)22(23,24)25)28-14-3-2-12(18-19(14)34-9-8-33-18)21(31)30-4-6-32-7-5-30/h2-3,10-11H,4-9H2,1H3,(H3,26,27,28,29). The average Bonchev–Trinajstić information content (AvgIpc) is 3.29. The van der Waals surface area contributed by atoms with Crippen LogP contribution in [0, 0.1) is 0 Å². The van der Waals surface area contributed by atoms with E-state index in [0.717, 1.165) is 6.20 Å². The van der Waals surface area contributed by atoms with Crippen molar-refractivity contribution in [3.63, 3.8) is 0 Å². The van der Waals surface area contributed by atoms with E-state index in [-0.39, 0.29) is 41.7 Å². The maximum atomic E-state index is 13.4. The van der Waals surface area contributed by atoms with E-state index in [2.05, 4.69) is 20.6 Å². The molecule has 0 unspecified atom stereocenters. The van der Waals surface area contributed by atoms with E-state index in [1.165, 1.54) is 13.1 Å². The number of fused-ring (bicyclic) bond motifs is 2. The molecule has 180 valence electrons. The minimum absolute atomic E-state index is 0.0476. The Morgan fingerprint density at radius 2 is 1.82 bits per heavy atom. The molecular formula is C22H22F3N5O4. The van der Waals surface area contributed by atoms with Gasteiger partial charge < -0.3 is 34.7 Å². The van der Waals surface area contributed by atoms with Crippen molar-refractivity contribution in [2.45, 2.75) is 6.18 Å². The van der Waals surface area contributed by atoms with Gasteiger partial charge in [0.25, 0.3) is 5.91 Å². The number of amides is 1. The largest absolute Gasteiger partial charge is 0.485 e. The van der Waals surface area contributed by atoms with Crippen LogP contribution in [0.2, 0.25) is 0 Å². The summed E-state index contributed by atoms with van der Waals surface area (Å²) in [5.41, 5.74) is 0.384. The number of rotatable bonds is 4. The van der Waals surface area contributed by atoms with Gasteiger partial charge in [-0.25, -0.2) is 4.98 Å². The molecule has 0 radical (unpaired) electrons. The number of alkyl halides is 3. The highest BCUT2D eigenvalue weighted by Crippen LogP contribution is 2.43. The van der Waals surface area contributed by atoms with E-state index in [4.69, 9.17) is 14.2 Å². The highest BCUT2D eigenvalue weighted by atomic mass is 19.4. The third-order valence-corrected chi connectivity index (χ3v) is 5.70. The molecule has 2 aliphatic heterocycles. The highest BCUT2D eigenvalue weighted by Gasteiger charge is 2.35. The summed E-state index contributed by atoms with van der Waals surface area (Å²) < 4.78 is 57.1. The first-order valence-electron chi connectivity index (χ1n) is 10.7. The van der Waals surface area contributed by atoms with Crippen LogP contribution < -0.4 is 20.1 Å². The zero-order valence-electron chi connectivity index (χ0n) is 18.2. The van der Waals surface area contributed by atoms with Gasteiger partial charge in [-0.1, -0.05) is 0 Å². The number of aromatic nitrogens is 2. The first-order valence-corrected chi connectivity index (χ1v) is 10.7. The fourth-order valence-corrected chi connectivity index (χ4v) is 4.10. The number of aromatic amines is 1. The van der Waals surface area contributed by atoms with E-state index in [1.807, 2.05) is 0 Å². The van der Waals surface area contributed by atoms with E-state index in [9.17, 15) is 18.0 Å². The van der Waals surface area contributed by atoms with Gasteiger partial charge in [-0.15, -0.1) is 0 Å². The number of hydrogen-bond donors (Lipinski definition) is 3. The number of carbonyl (C=O) groups is 1. The summed E-state index contributed by atoms with van der Waals surface area (Å²) in [6, 6.07) is 4.79. The van der Waals surface area contributed by atoms with Crippen LogP contribution in [-0.2, 0) is 10.9 Å². The number of ether oxygens (including phenoxy) is 3. The summed E-state index contributed by atoms with van der Waals surface area (Å²) in [4.78, 5) is 21.6. The van der Waals surface area contributed by atoms with Gasteiger partial charge in [0, 0.05) is 38.1 Å². The Morgan fingerprint density at radius 1 is 1.09 bits per heavy atom. The van der Waals surface area contributed by atoms with Crippen molar-refractivity contribution < 1.29 is 32.2 Å². The SMILES string of the molecule is CNc1cc(Nc2ccc(C(=O)N3CCOCC3)c3c2OCCO3)nc2[nH]cc(C(F)(F)F)c12. The lowest BCUT2D eigenvalue weighted by Gasteiger charge is -2.29. The van der Waals surface area contributed by atoms with Gasteiger partial charge in [0.05, 0.1) is 35.4 Å². The van der Waals surface area contributed by atoms with E-state index in [0.29, 0.717) is 49.1 Å². The lowest BCUT2D eigenvalue weighted by molar-refractivity contribution is -0.136. The van der Waals surface area contributed by atoms with Gasteiger partial charge in [-0.05, 0) is 12.1 Å². The molecular weight excluding hydrogens is 455 g/mol. The van der Waals surface area contributed by atoms with Crippen molar-refractivity contribution in [3.8, 4) is 11.5 Å². The topological polar surface area (TPSA) is 101 Å². The molecule has 1 fully saturated rings. The highest BCUT2D eigenvalue weighted by molar-refractivity contribution is 5.99. The van der Waals surface area contributed by atoms with Crippen molar-refractivity contribution >= 4 is 34.1 Å². The van der Waals surface area contributed by atoms with Crippen LogP contribution in [-0.4, -0.2) is 67.3 Å². The van der Waals surface area contributed by atoms with Gasteiger partial charge in [0.2, 0.25) is 0 Å². The first-order chi connectivity index (χ1) is 16.4. The number of H-pyrrole nitrogens is 1. The van der Waals surface area contributed by atoms with E-state index < -0.39 is 11.7 Å². The summed E-state index contributed by atoms with van der Waals surface area (Å²) >= 11 is 0. The maximum absolute atomic E-state index is 13.4. The smallest absolute Gasteiger partial charge is 0.418 e. The van der Waals surface area contributed by atoms with Gasteiger partial charge >= 0.3 is 6.18 Å². The molecule has 5 rings (SSSR count). The molecule has 1 saturated heterocycles. The summed E-state index contributed by atoms with van der Waals surface area (Å²) in [6.45, 7) is 2.50. The summed E-state index contributed by atoms with van der Waals surface area (Å²) in [7, 11) is 1.54. The van der Waals surface area contributed by atoms with E-state index in [1.54, 1.807) is 17.0 Å². The van der Waals surface area contributed by atoms with Crippen LogP contribution in [0.3, 0.4) is 0 Å². The Kier molecular flexibility index (Phi) is 5.60. The molecule has 0 atom stereocenters. The van der Waals surface area contributed by atoms with Crippen LogP contribution in [0.25, 0.3) is 11.0 Å². The third-order valence-electron chi connectivity index (χ3n) is 5.70. The molecule has 0 aliphatic carbocycles. The number of nitrogens with one attached hydrogen (secondary N) is 3. The number of anilines is 3. The number of nitrogens with zero attached hydrogens (tertiary/aromatic N) is 2. The Morgan fingerprint density at radius 3 is 2.53 bits per heavy atom. The van der Waals surface area contributed by atoms with Crippen molar-refractivity contribution in [1.29, 1.82) is 0 Å². The quantitative estimate of drug-likeness (QED) is 0.528. The molecule has 0 saturated carbocycles. The molecule has 4 heterocycles. The summed E-state index contributed by atoms with van der Waals surface area (Å²) in [5.74, 6) is 0.776. The Balaban J connectivity index is 1.51. The van der Waals surface area contributed by atoms with Crippen molar-refractivity contribution in [1.82, 2.24) is 14.9 Å².